The Balaban J connectivity index is 2.47. The zero-order chi connectivity index (χ0) is 10.4. The Labute approximate surface area is 86.2 Å². The number of nitrogens with two attached hydrogens (primary N) is 1. The number of quaternary nitrogens is 1. The first kappa shape index (κ1) is 11.3. The predicted molar refractivity (Wildman–Crippen MR) is 55.8 cm³/mol. The van der Waals surface area contributed by atoms with Crippen LogP contribution < -0.4 is 11.0 Å². The zero-order valence-electron chi connectivity index (χ0n) is 9.42. The third kappa shape index (κ3) is 2.89. The number of hydrogen-bond acceptors (Lipinski definition) is 3. The third-order valence-electron chi connectivity index (χ3n) is 2.49. The van der Waals surface area contributed by atoms with Gasteiger partial charge in [-0.2, -0.15) is 0 Å². The number of nitrogens with one attached hydrogen (secondary N) is 1. The molecular weight excluding hydrogens is 178 g/mol. The van der Waals surface area contributed by atoms with Crippen LogP contribution in [0.25, 0.3) is 0 Å². The molecule has 1 aliphatic rings. The van der Waals surface area contributed by atoms with Crippen molar-refractivity contribution in [3.8, 4) is 0 Å². The van der Waals surface area contributed by atoms with E-state index in [1.165, 1.54) is 18.5 Å². The molecule has 0 aliphatic carbocycles. The number of nitrogens with zero attached hydrogens (tertiary/aromatic N) is 1. The van der Waals surface area contributed by atoms with Crippen LogP contribution in [0.2, 0.25) is 0 Å². The Morgan fingerprint density at radius 3 is 2.86 bits per heavy atom. The maximum atomic E-state index is 5.22. The van der Waals surface area contributed by atoms with E-state index in [0.29, 0.717) is 6.04 Å². The molecule has 0 fully saturated rings. The van der Waals surface area contributed by atoms with E-state index in [-0.39, 0.29) is 0 Å². The second-order valence-electron chi connectivity index (χ2n) is 3.63. The van der Waals surface area contributed by atoms with Crippen molar-refractivity contribution in [2.45, 2.75) is 39.2 Å². The first-order valence-electron chi connectivity index (χ1n) is 5.38. The summed E-state index contributed by atoms with van der Waals surface area (Å²) >= 11 is 0. The van der Waals surface area contributed by atoms with Gasteiger partial charge in [0.2, 0.25) is 0 Å². The van der Waals surface area contributed by atoms with Crippen LogP contribution in [0.5, 0.6) is 0 Å². The molecule has 0 bridgehead atoms. The largest absolute Gasteiger partial charge is 0.382 e. The first-order valence-corrected chi connectivity index (χ1v) is 5.38. The van der Waals surface area contributed by atoms with E-state index in [4.69, 9.17) is 4.74 Å². The molecule has 1 aliphatic heterocycles. The molecule has 0 aromatic carbocycles. The minimum atomic E-state index is 0.474. The molecule has 14 heavy (non-hydrogen) atoms. The summed E-state index contributed by atoms with van der Waals surface area (Å²) in [5.74, 6) is 0. The minimum Gasteiger partial charge on any atom is -0.382 e. The smallest absolute Gasteiger partial charge is 0.104 e. The van der Waals surface area contributed by atoms with E-state index in [2.05, 4.69) is 30.5 Å². The number of rotatable bonds is 6. The van der Waals surface area contributed by atoms with Crippen LogP contribution in [0.15, 0.2) is 11.9 Å². The Kier molecular flexibility index (Phi) is 4.76. The van der Waals surface area contributed by atoms with Gasteiger partial charge in [0.1, 0.15) is 6.04 Å². The summed E-state index contributed by atoms with van der Waals surface area (Å²) in [6, 6.07) is 0.474. The third-order valence-corrected chi connectivity index (χ3v) is 2.49. The van der Waals surface area contributed by atoms with Crippen LogP contribution in [0.4, 0.5) is 0 Å². The molecule has 0 spiro atoms. The van der Waals surface area contributed by atoms with Crippen LogP contribution >= 0.6 is 0 Å². The maximum Gasteiger partial charge on any atom is 0.104 e. The van der Waals surface area contributed by atoms with E-state index < -0.39 is 0 Å². The van der Waals surface area contributed by atoms with Crippen LogP contribution in [0, 0.1) is 0 Å². The number of hydrogen-bond donors (Lipinski definition) is 2. The molecule has 0 aromatic heterocycles. The predicted octanol–water partition coefficient (Wildman–Crippen LogP) is 0.352. The highest BCUT2D eigenvalue weighted by Gasteiger charge is 2.22. The topological polar surface area (TPSA) is 41.1 Å². The highest BCUT2D eigenvalue weighted by Crippen LogP contribution is 2.07. The Morgan fingerprint density at radius 2 is 2.36 bits per heavy atom. The van der Waals surface area contributed by atoms with Gasteiger partial charge in [-0.15, -0.1) is 5.53 Å². The zero-order valence-corrected chi connectivity index (χ0v) is 9.42. The lowest BCUT2D eigenvalue weighted by atomic mass is 10.2. The number of ether oxygens (including phenoxy) is 1. The van der Waals surface area contributed by atoms with E-state index >= 15 is 0 Å². The maximum absolute atomic E-state index is 5.22. The van der Waals surface area contributed by atoms with E-state index in [9.17, 15) is 0 Å². The second kappa shape index (κ2) is 5.88. The van der Waals surface area contributed by atoms with Gasteiger partial charge in [0, 0.05) is 7.11 Å². The lowest BCUT2D eigenvalue weighted by Crippen LogP contribution is -2.98. The van der Waals surface area contributed by atoms with Crippen LogP contribution in [0.1, 0.15) is 33.1 Å². The van der Waals surface area contributed by atoms with Crippen LogP contribution in [0.3, 0.4) is 0 Å². The minimum absolute atomic E-state index is 0.474. The van der Waals surface area contributed by atoms with Gasteiger partial charge in [0.15, 0.2) is 0 Å². The van der Waals surface area contributed by atoms with E-state index in [1.54, 1.807) is 7.11 Å². The van der Waals surface area contributed by atoms with Crippen molar-refractivity contribution >= 4 is 0 Å². The fourth-order valence-corrected chi connectivity index (χ4v) is 1.66. The van der Waals surface area contributed by atoms with Gasteiger partial charge >= 0.3 is 0 Å². The van der Waals surface area contributed by atoms with Crippen molar-refractivity contribution in [3.05, 3.63) is 11.9 Å². The molecule has 0 saturated heterocycles. The molecule has 1 heterocycles. The lowest BCUT2D eigenvalue weighted by Gasteiger charge is -2.22. The van der Waals surface area contributed by atoms with Crippen molar-refractivity contribution in [3.63, 3.8) is 0 Å². The average molecular weight is 200 g/mol. The summed E-state index contributed by atoms with van der Waals surface area (Å²) in [6.45, 7) is 5.15. The fourth-order valence-electron chi connectivity index (χ4n) is 1.66. The van der Waals surface area contributed by atoms with Gasteiger partial charge in [-0.3, -0.25) is 0 Å². The van der Waals surface area contributed by atoms with Gasteiger partial charge < -0.3 is 4.74 Å². The van der Waals surface area contributed by atoms with Crippen molar-refractivity contribution in [1.29, 1.82) is 0 Å². The highest BCUT2D eigenvalue weighted by atomic mass is 16.5. The highest BCUT2D eigenvalue weighted by molar-refractivity contribution is 4.97. The molecule has 1 rings (SSSR count). The van der Waals surface area contributed by atoms with Gasteiger partial charge in [-0.25, -0.2) is 10.4 Å². The molecule has 0 saturated carbocycles. The molecule has 4 nitrogen and oxygen atoms in total. The van der Waals surface area contributed by atoms with Gasteiger partial charge in [0.25, 0.3) is 0 Å². The van der Waals surface area contributed by atoms with Gasteiger partial charge in [0.05, 0.1) is 18.5 Å². The van der Waals surface area contributed by atoms with Crippen molar-refractivity contribution in [2.75, 3.05) is 13.7 Å². The summed E-state index contributed by atoms with van der Waals surface area (Å²) in [5, 5.41) is 2.23. The molecule has 4 heteroatoms. The summed E-state index contributed by atoms with van der Waals surface area (Å²) < 4.78 is 5.22. The summed E-state index contributed by atoms with van der Waals surface area (Å²) in [4.78, 5) is 0. The van der Waals surface area contributed by atoms with E-state index in [0.717, 1.165) is 13.0 Å². The SMILES string of the molecule is CCCC(COC)N1C=C(CC)N[NH2+]1. The Morgan fingerprint density at radius 1 is 1.57 bits per heavy atom. The van der Waals surface area contributed by atoms with Crippen LogP contribution in [-0.2, 0) is 4.74 Å². The quantitative estimate of drug-likeness (QED) is 0.608. The lowest BCUT2D eigenvalue weighted by molar-refractivity contribution is -0.829. The second-order valence-corrected chi connectivity index (χ2v) is 3.63. The first-order chi connectivity index (χ1) is 6.81. The van der Waals surface area contributed by atoms with Crippen molar-refractivity contribution < 1.29 is 10.3 Å². The number of methoxy groups -OCH3 is 1. The van der Waals surface area contributed by atoms with E-state index in [1.807, 2.05) is 5.53 Å². The summed E-state index contributed by atoms with van der Waals surface area (Å²) in [6.07, 6.45) is 5.59. The molecular formula is C10H22N3O+. The monoisotopic (exact) mass is 200 g/mol. The number of allylic oxidation sites excluding steroid dienone is 1. The summed E-state index contributed by atoms with van der Waals surface area (Å²) in [5.41, 5.74) is 6.58. The van der Waals surface area contributed by atoms with Gasteiger partial charge in [-0.05, 0) is 12.8 Å². The molecule has 0 amide bonds. The van der Waals surface area contributed by atoms with Gasteiger partial charge in [-0.1, -0.05) is 20.3 Å². The molecule has 1 unspecified atom stereocenters. The van der Waals surface area contributed by atoms with Crippen molar-refractivity contribution in [1.82, 2.24) is 10.4 Å². The standard InChI is InChI=1S/C10H21N3O/c1-4-6-10(8-14-3)13-7-9(5-2)11-12-13/h7,10-12H,4-6,8H2,1-3H3/p+1. The molecule has 0 radical (unpaired) electrons. The average Bonchev–Trinajstić information content (AvgIpc) is 2.65. The molecule has 3 N–H and O–H groups in total. The fraction of sp³-hybridized carbons (Fsp3) is 0.800. The van der Waals surface area contributed by atoms with Crippen molar-refractivity contribution in [2.24, 2.45) is 0 Å². The van der Waals surface area contributed by atoms with Crippen LogP contribution in [-0.4, -0.2) is 24.8 Å². The molecule has 1 atom stereocenters. The normalized spacial score (nSPS) is 17.9. The Hall–Kier alpha value is -0.740. The Bertz CT molecular complexity index is 188. The molecule has 82 valence electrons. The summed E-state index contributed by atoms with van der Waals surface area (Å²) in [7, 11) is 1.76. The molecule has 0 aromatic rings.